The molecule has 0 spiro atoms. The Balaban J connectivity index is 2.36. The third-order valence-corrected chi connectivity index (χ3v) is 6.29. The maximum Gasteiger partial charge on any atom is 0.273 e. The van der Waals surface area contributed by atoms with Gasteiger partial charge in [0.15, 0.2) is 0 Å². The number of aromatic nitrogens is 1. The Kier molecular flexibility index (Phi) is 6.73. The van der Waals surface area contributed by atoms with Gasteiger partial charge in [-0.1, -0.05) is 6.08 Å². The monoisotopic (exact) mass is 470 g/mol. The van der Waals surface area contributed by atoms with Crippen LogP contribution in [0.15, 0.2) is 46.4 Å². The second-order valence-electron chi connectivity index (χ2n) is 5.67. The number of carbonyl (C=O) groups excluding carboxylic acids is 1. The third-order valence-electron chi connectivity index (χ3n) is 3.72. The van der Waals surface area contributed by atoms with E-state index in [4.69, 9.17) is 10.4 Å². The number of benzene rings is 1. The Bertz CT molecular complexity index is 1080. The van der Waals surface area contributed by atoms with Crippen molar-refractivity contribution in [2.45, 2.75) is 10.9 Å². The first-order valence-electron chi connectivity index (χ1n) is 7.76. The zero-order valence-electron chi connectivity index (χ0n) is 14.6. The molecule has 0 fully saturated rings. The van der Waals surface area contributed by atoms with Crippen molar-refractivity contribution >= 4 is 37.5 Å². The minimum Gasteiger partial charge on any atom is -0.394 e. The molecule has 0 aliphatic heterocycles. The normalized spacial score (nSPS) is 12.2. The molecule has 0 aliphatic rings. The van der Waals surface area contributed by atoms with Crippen molar-refractivity contribution in [3.8, 4) is 6.07 Å². The quantitative estimate of drug-likeness (QED) is 0.532. The molecule has 0 radical (unpaired) electrons. The Hall–Kier alpha value is -2.52. The average Bonchev–Trinajstić information content (AvgIpc) is 2.96. The fourth-order valence-electron chi connectivity index (χ4n) is 2.32. The zero-order chi connectivity index (χ0) is 21.1. The molecule has 3 N–H and O–H groups in total. The van der Waals surface area contributed by atoms with Crippen LogP contribution in [-0.4, -0.2) is 36.6 Å². The molecule has 28 heavy (non-hydrogen) atoms. The number of aryl methyl sites for hydroxylation is 1. The summed E-state index contributed by atoms with van der Waals surface area (Å²) in [6.07, 6.45) is 2.47. The molecule has 11 heteroatoms. The number of aliphatic hydroxyl groups is 1. The standard InChI is InChI=1S/C17H16BrFN4O4S/c1-3-11(9-24)22-28(26,27)14-8-23(2)16(15(14)18)17(25)21-12-4-5-13(19)10(6-12)7-20/h3-6,8,11,22,24H,1,9H2,2H3,(H,21,25)/t11-/m1/s1. The molecule has 2 aromatic rings. The maximum atomic E-state index is 13.4. The smallest absolute Gasteiger partial charge is 0.273 e. The summed E-state index contributed by atoms with van der Waals surface area (Å²) in [6.45, 7) is 2.95. The largest absolute Gasteiger partial charge is 0.394 e. The first kappa shape index (κ1) is 21.8. The SMILES string of the molecule is C=C[C@H](CO)NS(=O)(=O)c1cn(C)c(C(=O)Nc2ccc(F)c(C#N)c2)c1Br. The van der Waals surface area contributed by atoms with E-state index in [-0.39, 0.29) is 26.3 Å². The van der Waals surface area contributed by atoms with Crippen LogP contribution in [0, 0.1) is 17.1 Å². The highest BCUT2D eigenvalue weighted by Gasteiger charge is 2.28. The lowest BCUT2D eigenvalue weighted by Gasteiger charge is -2.11. The number of nitrogens with one attached hydrogen (secondary N) is 2. The number of hydrogen-bond acceptors (Lipinski definition) is 5. The molecule has 2 rings (SSSR count). The van der Waals surface area contributed by atoms with Crippen LogP contribution >= 0.6 is 15.9 Å². The number of aliphatic hydroxyl groups excluding tert-OH is 1. The van der Waals surface area contributed by atoms with E-state index in [1.807, 2.05) is 0 Å². The Morgan fingerprint density at radius 3 is 2.79 bits per heavy atom. The number of amides is 1. The molecule has 0 saturated heterocycles. The summed E-state index contributed by atoms with van der Waals surface area (Å²) in [5.74, 6) is -1.39. The lowest BCUT2D eigenvalue weighted by atomic mass is 10.2. The summed E-state index contributed by atoms with van der Waals surface area (Å²) in [6, 6.07) is 4.26. The Morgan fingerprint density at radius 2 is 2.21 bits per heavy atom. The highest BCUT2D eigenvalue weighted by atomic mass is 79.9. The number of nitriles is 1. The Labute approximate surface area is 169 Å². The molecule has 1 atom stereocenters. The summed E-state index contributed by atoms with van der Waals surface area (Å²) in [5, 5.41) is 20.5. The molecule has 0 saturated carbocycles. The van der Waals surface area contributed by atoms with Crippen molar-refractivity contribution in [1.82, 2.24) is 9.29 Å². The molecule has 8 nitrogen and oxygen atoms in total. The van der Waals surface area contributed by atoms with Gasteiger partial charge in [0.2, 0.25) is 10.0 Å². The summed E-state index contributed by atoms with van der Waals surface area (Å²) < 4.78 is 42.0. The van der Waals surface area contributed by atoms with E-state index >= 15 is 0 Å². The molecule has 0 aliphatic carbocycles. The first-order chi connectivity index (χ1) is 13.1. The van der Waals surface area contributed by atoms with Crippen LogP contribution in [0.3, 0.4) is 0 Å². The van der Waals surface area contributed by atoms with Crippen molar-refractivity contribution in [1.29, 1.82) is 5.26 Å². The van der Waals surface area contributed by atoms with Crippen molar-refractivity contribution in [3.63, 3.8) is 0 Å². The van der Waals surface area contributed by atoms with Crippen molar-refractivity contribution in [2.24, 2.45) is 7.05 Å². The number of carbonyl (C=O) groups is 1. The average molecular weight is 471 g/mol. The first-order valence-corrected chi connectivity index (χ1v) is 10.0. The highest BCUT2D eigenvalue weighted by molar-refractivity contribution is 9.10. The topological polar surface area (TPSA) is 124 Å². The van der Waals surface area contributed by atoms with Gasteiger partial charge in [0.1, 0.15) is 22.5 Å². The van der Waals surface area contributed by atoms with Crippen LogP contribution in [0.25, 0.3) is 0 Å². The molecular weight excluding hydrogens is 455 g/mol. The lowest BCUT2D eigenvalue weighted by Crippen LogP contribution is -2.35. The lowest BCUT2D eigenvalue weighted by molar-refractivity contribution is 0.101. The summed E-state index contributed by atoms with van der Waals surface area (Å²) in [5.41, 5.74) is -0.0800. The molecule has 1 heterocycles. The fourth-order valence-corrected chi connectivity index (χ4v) is 4.84. The Morgan fingerprint density at radius 1 is 1.54 bits per heavy atom. The number of rotatable bonds is 7. The van der Waals surface area contributed by atoms with Gasteiger partial charge in [0, 0.05) is 18.9 Å². The number of anilines is 1. The van der Waals surface area contributed by atoms with Gasteiger partial charge in [-0.2, -0.15) is 5.26 Å². The van der Waals surface area contributed by atoms with Crippen LogP contribution in [0.1, 0.15) is 16.1 Å². The van der Waals surface area contributed by atoms with Crippen LogP contribution < -0.4 is 10.0 Å². The van der Waals surface area contributed by atoms with E-state index in [0.717, 1.165) is 6.07 Å². The van der Waals surface area contributed by atoms with Gasteiger partial charge in [-0.25, -0.2) is 17.5 Å². The summed E-state index contributed by atoms with van der Waals surface area (Å²) >= 11 is 3.12. The van der Waals surface area contributed by atoms with Crippen LogP contribution in [-0.2, 0) is 17.1 Å². The van der Waals surface area contributed by atoms with E-state index in [9.17, 15) is 17.6 Å². The molecular formula is C17H16BrFN4O4S. The molecule has 1 amide bonds. The van der Waals surface area contributed by atoms with Gasteiger partial charge in [-0.3, -0.25) is 4.79 Å². The van der Waals surface area contributed by atoms with Gasteiger partial charge in [-0.05, 0) is 34.1 Å². The summed E-state index contributed by atoms with van der Waals surface area (Å²) in [4.78, 5) is 12.4. The fraction of sp³-hybridized carbons (Fsp3) is 0.176. The van der Waals surface area contributed by atoms with E-state index < -0.39 is 34.4 Å². The second-order valence-corrected chi connectivity index (χ2v) is 8.15. The molecule has 148 valence electrons. The number of sulfonamides is 1. The van der Waals surface area contributed by atoms with Crippen LogP contribution in [0.5, 0.6) is 0 Å². The predicted molar refractivity (Wildman–Crippen MR) is 104 cm³/mol. The van der Waals surface area contributed by atoms with Crippen molar-refractivity contribution in [3.05, 3.63) is 58.6 Å². The number of halogens is 2. The predicted octanol–water partition coefficient (Wildman–Crippen LogP) is 1.88. The summed E-state index contributed by atoms with van der Waals surface area (Å²) in [7, 11) is -2.59. The van der Waals surface area contributed by atoms with Gasteiger partial charge in [-0.15, -0.1) is 6.58 Å². The minimum atomic E-state index is -4.06. The van der Waals surface area contributed by atoms with E-state index in [0.29, 0.717) is 0 Å². The van der Waals surface area contributed by atoms with Gasteiger partial charge in [0.25, 0.3) is 5.91 Å². The van der Waals surface area contributed by atoms with Crippen molar-refractivity contribution < 1.29 is 22.7 Å². The molecule has 0 unspecified atom stereocenters. The van der Waals surface area contributed by atoms with Gasteiger partial charge >= 0.3 is 0 Å². The highest BCUT2D eigenvalue weighted by Crippen LogP contribution is 2.28. The van der Waals surface area contributed by atoms with Crippen LogP contribution in [0.2, 0.25) is 0 Å². The minimum absolute atomic E-state index is 0.00312. The number of hydrogen-bond donors (Lipinski definition) is 3. The molecule has 1 aromatic carbocycles. The third kappa shape index (κ3) is 4.48. The van der Waals surface area contributed by atoms with E-state index in [1.54, 1.807) is 6.07 Å². The van der Waals surface area contributed by atoms with Gasteiger partial charge < -0.3 is 15.0 Å². The second kappa shape index (κ2) is 8.66. The number of nitrogens with zero attached hydrogens (tertiary/aromatic N) is 2. The zero-order valence-corrected chi connectivity index (χ0v) is 17.0. The maximum absolute atomic E-state index is 13.4. The van der Waals surface area contributed by atoms with Crippen LogP contribution in [0.4, 0.5) is 10.1 Å². The van der Waals surface area contributed by atoms with E-state index in [1.165, 1.54) is 36.0 Å². The van der Waals surface area contributed by atoms with Crippen molar-refractivity contribution in [2.75, 3.05) is 11.9 Å². The molecule has 0 bridgehead atoms. The molecule has 1 aromatic heterocycles. The van der Waals surface area contributed by atoms with Gasteiger partial charge in [0.05, 0.1) is 22.7 Å². The van der Waals surface area contributed by atoms with E-state index in [2.05, 4.69) is 32.5 Å².